The van der Waals surface area contributed by atoms with Crippen molar-refractivity contribution in [2.24, 2.45) is 5.73 Å². The predicted molar refractivity (Wildman–Crippen MR) is 56.8 cm³/mol. The van der Waals surface area contributed by atoms with Gasteiger partial charge in [-0.15, -0.1) is 0 Å². The molecule has 0 unspecified atom stereocenters. The molecular weight excluding hydrogens is 211 g/mol. The van der Waals surface area contributed by atoms with Crippen molar-refractivity contribution in [3.05, 3.63) is 35.8 Å². The number of nitrogens with two attached hydrogens (primary N) is 1. The topological polar surface area (TPSA) is 65.2 Å². The molecule has 16 heavy (non-hydrogen) atoms. The minimum absolute atomic E-state index is 0.186. The Kier molecular flexibility index (Phi) is 2.44. The third-order valence-electron chi connectivity index (χ3n) is 2.23. The molecule has 0 fully saturated rings. The van der Waals surface area contributed by atoms with E-state index in [1.807, 2.05) is 0 Å². The smallest absolute Gasteiger partial charge is 0.250 e. The Bertz CT molecular complexity index is 569. The molecule has 5 heteroatoms. The zero-order valence-electron chi connectivity index (χ0n) is 8.53. The maximum atomic E-state index is 13.5. The molecule has 82 valence electrons. The van der Waals surface area contributed by atoms with Crippen LogP contribution in [0.1, 0.15) is 10.4 Å². The third kappa shape index (κ3) is 1.67. The zero-order valence-corrected chi connectivity index (χ0v) is 8.53. The molecule has 0 radical (unpaired) electrons. The molecule has 2 rings (SSSR count). The summed E-state index contributed by atoms with van der Waals surface area (Å²) >= 11 is 0. The summed E-state index contributed by atoms with van der Waals surface area (Å²) in [5.74, 6) is -0.726. The van der Waals surface area contributed by atoms with Crippen LogP contribution in [0.5, 0.6) is 5.75 Å². The molecule has 0 spiro atoms. The number of aromatic nitrogens is 1. The number of nitrogens with zero attached hydrogens (tertiary/aromatic N) is 1. The van der Waals surface area contributed by atoms with E-state index >= 15 is 0 Å². The molecule has 0 atom stereocenters. The van der Waals surface area contributed by atoms with E-state index in [0.29, 0.717) is 11.1 Å². The Morgan fingerprint density at radius 2 is 2.19 bits per heavy atom. The number of hydrogen-bond acceptors (Lipinski definition) is 3. The van der Waals surface area contributed by atoms with Crippen LogP contribution in [-0.4, -0.2) is 18.0 Å². The highest BCUT2D eigenvalue weighted by molar-refractivity contribution is 5.96. The summed E-state index contributed by atoms with van der Waals surface area (Å²) in [7, 11) is 1.44. The Labute approximate surface area is 90.8 Å². The van der Waals surface area contributed by atoms with Gasteiger partial charge < -0.3 is 10.5 Å². The fraction of sp³-hybridized carbons (Fsp3) is 0.0909. The lowest BCUT2D eigenvalue weighted by atomic mass is 10.1. The molecule has 0 aliphatic heterocycles. The first-order valence-corrected chi connectivity index (χ1v) is 4.55. The molecule has 0 bridgehead atoms. The van der Waals surface area contributed by atoms with Gasteiger partial charge in [0.05, 0.1) is 12.7 Å². The number of rotatable bonds is 2. The summed E-state index contributed by atoms with van der Waals surface area (Å²) in [5, 5.41) is 0.480. The van der Waals surface area contributed by atoms with Gasteiger partial charge in [-0.05, 0) is 12.1 Å². The van der Waals surface area contributed by atoms with Gasteiger partial charge in [-0.3, -0.25) is 9.78 Å². The molecule has 1 heterocycles. The summed E-state index contributed by atoms with van der Waals surface area (Å²) in [6.07, 6.45) is 1.25. The van der Waals surface area contributed by atoms with E-state index in [2.05, 4.69) is 4.98 Å². The number of halogens is 1. The van der Waals surface area contributed by atoms with Gasteiger partial charge in [0, 0.05) is 17.6 Å². The summed E-state index contributed by atoms with van der Waals surface area (Å²) in [4.78, 5) is 14.8. The van der Waals surface area contributed by atoms with E-state index in [0.717, 1.165) is 0 Å². The van der Waals surface area contributed by atoms with Gasteiger partial charge in [0.15, 0.2) is 5.82 Å². The first kappa shape index (κ1) is 10.4. The quantitative estimate of drug-likeness (QED) is 0.833. The fourth-order valence-corrected chi connectivity index (χ4v) is 1.43. The number of amides is 1. The molecule has 4 nitrogen and oxygen atoms in total. The molecule has 0 aliphatic carbocycles. The maximum absolute atomic E-state index is 13.5. The number of primary amides is 1. The molecule has 2 aromatic rings. The van der Waals surface area contributed by atoms with E-state index < -0.39 is 11.7 Å². The van der Waals surface area contributed by atoms with Crippen LogP contribution >= 0.6 is 0 Å². The number of hydrogen-bond donors (Lipinski definition) is 1. The number of carbonyl (C=O) groups excluding carboxylic acids is 1. The zero-order chi connectivity index (χ0) is 11.7. The summed E-state index contributed by atoms with van der Waals surface area (Å²) in [6.45, 7) is 0. The minimum atomic E-state index is -0.599. The van der Waals surface area contributed by atoms with E-state index in [1.54, 1.807) is 6.07 Å². The number of carbonyl (C=O) groups is 1. The van der Waals surface area contributed by atoms with Crippen LogP contribution in [0, 0.1) is 5.82 Å². The van der Waals surface area contributed by atoms with Crippen LogP contribution in [0.25, 0.3) is 10.9 Å². The van der Waals surface area contributed by atoms with Crippen molar-refractivity contribution in [3.63, 3.8) is 0 Å². The highest BCUT2D eigenvalue weighted by atomic mass is 19.1. The Morgan fingerprint density at radius 3 is 2.81 bits per heavy atom. The highest BCUT2D eigenvalue weighted by Crippen LogP contribution is 2.23. The average Bonchev–Trinajstić information content (AvgIpc) is 2.28. The van der Waals surface area contributed by atoms with Crippen molar-refractivity contribution in [1.29, 1.82) is 0 Å². The number of pyridine rings is 1. The van der Waals surface area contributed by atoms with Gasteiger partial charge in [0.1, 0.15) is 11.3 Å². The first-order chi connectivity index (χ1) is 7.61. The van der Waals surface area contributed by atoms with Crippen LogP contribution in [0.15, 0.2) is 24.4 Å². The standard InChI is InChI=1S/C11H9FN2O2/c1-16-8-3-6-2-7(11(13)15)5-14-10(6)9(12)4-8/h2-5H,1H3,(H2,13,15). The molecular formula is C11H9FN2O2. The maximum Gasteiger partial charge on any atom is 0.250 e. The summed E-state index contributed by atoms with van der Waals surface area (Å²) in [6, 6.07) is 4.31. The first-order valence-electron chi connectivity index (χ1n) is 4.55. The van der Waals surface area contributed by atoms with Crippen LogP contribution in [0.3, 0.4) is 0 Å². The highest BCUT2D eigenvalue weighted by Gasteiger charge is 2.08. The Morgan fingerprint density at radius 1 is 1.44 bits per heavy atom. The van der Waals surface area contributed by atoms with Gasteiger partial charge in [-0.1, -0.05) is 0 Å². The number of fused-ring (bicyclic) bond motifs is 1. The SMILES string of the molecule is COc1cc(F)c2ncc(C(N)=O)cc2c1. The molecule has 2 N–H and O–H groups in total. The van der Waals surface area contributed by atoms with Gasteiger partial charge in [-0.25, -0.2) is 4.39 Å². The van der Waals surface area contributed by atoms with Gasteiger partial charge >= 0.3 is 0 Å². The number of ether oxygens (including phenoxy) is 1. The second-order valence-corrected chi connectivity index (χ2v) is 3.27. The van der Waals surface area contributed by atoms with Crippen LogP contribution in [0.2, 0.25) is 0 Å². The van der Waals surface area contributed by atoms with Crippen molar-refractivity contribution in [2.75, 3.05) is 7.11 Å². The Balaban J connectivity index is 2.71. The molecule has 0 saturated carbocycles. The second-order valence-electron chi connectivity index (χ2n) is 3.27. The molecule has 1 aromatic heterocycles. The lowest BCUT2D eigenvalue weighted by Gasteiger charge is -2.04. The summed E-state index contributed by atoms with van der Waals surface area (Å²) < 4.78 is 18.4. The number of methoxy groups -OCH3 is 1. The normalized spacial score (nSPS) is 10.4. The monoisotopic (exact) mass is 220 g/mol. The van der Waals surface area contributed by atoms with Gasteiger partial charge in [-0.2, -0.15) is 0 Å². The van der Waals surface area contributed by atoms with Crippen molar-refractivity contribution in [3.8, 4) is 5.75 Å². The second kappa shape index (κ2) is 3.77. The van der Waals surface area contributed by atoms with E-state index in [4.69, 9.17) is 10.5 Å². The predicted octanol–water partition coefficient (Wildman–Crippen LogP) is 1.48. The molecule has 1 amide bonds. The molecule has 0 saturated heterocycles. The minimum Gasteiger partial charge on any atom is -0.497 e. The van der Waals surface area contributed by atoms with E-state index in [9.17, 15) is 9.18 Å². The Hall–Kier alpha value is -2.17. The third-order valence-corrected chi connectivity index (χ3v) is 2.23. The van der Waals surface area contributed by atoms with Crippen molar-refractivity contribution >= 4 is 16.8 Å². The largest absolute Gasteiger partial charge is 0.497 e. The summed E-state index contributed by atoms with van der Waals surface area (Å²) in [5.41, 5.74) is 5.53. The lowest BCUT2D eigenvalue weighted by Crippen LogP contribution is -2.11. The number of benzene rings is 1. The van der Waals surface area contributed by atoms with Crippen LogP contribution in [-0.2, 0) is 0 Å². The van der Waals surface area contributed by atoms with E-state index in [1.165, 1.54) is 25.4 Å². The van der Waals surface area contributed by atoms with Crippen molar-refractivity contribution in [2.45, 2.75) is 0 Å². The van der Waals surface area contributed by atoms with Crippen molar-refractivity contribution in [1.82, 2.24) is 4.98 Å². The average molecular weight is 220 g/mol. The van der Waals surface area contributed by atoms with Gasteiger partial charge in [0.2, 0.25) is 5.91 Å². The van der Waals surface area contributed by atoms with Crippen molar-refractivity contribution < 1.29 is 13.9 Å². The molecule has 1 aromatic carbocycles. The lowest BCUT2D eigenvalue weighted by molar-refractivity contribution is 0.1000. The van der Waals surface area contributed by atoms with E-state index in [-0.39, 0.29) is 11.1 Å². The fourth-order valence-electron chi connectivity index (χ4n) is 1.43. The molecule has 0 aliphatic rings. The van der Waals surface area contributed by atoms with Crippen LogP contribution in [0.4, 0.5) is 4.39 Å². The van der Waals surface area contributed by atoms with Crippen LogP contribution < -0.4 is 10.5 Å². The van der Waals surface area contributed by atoms with Gasteiger partial charge in [0.25, 0.3) is 0 Å².